The molecule has 33 heavy (non-hydrogen) atoms. The van der Waals surface area contributed by atoms with Crippen molar-refractivity contribution in [2.24, 2.45) is 13.0 Å². The molecule has 0 spiro atoms. The average Bonchev–Trinajstić information content (AvgIpc) is 3.19. The summed E-state index contributed by atoms with van der Waals surface area (Å²) in [5.41, 5.74) is 2.95. The van der Waals surface area contributed by atoms with Gasteiger partial charge in [-0.05, 0) is 55.0 Å². The summed E-state index contributed by atoms with van der Waals surface area (Å²) in [5.74, 6) is -0.0252. The molecule has 1 aromatic carbocycles. The second-order valence-corrected chi connectivity index (χ2v) is 8.50. The summed E-state index contributed by atoms with van der Waals surface area (Å²) in [6.45, 7) is 1.73. The van der Waals surface area contributed by atoms with Crippen LogP contribution in [0, 0.1) is 11.7 Å². The predicted octanol–water partition coefficient (Wildman–Crippen LogP) is 2.91. The van der Waals surface area contributed by atoms with E-state index in [1.807, 2.05) is 23.1 Å². The molecule has 7 nitrogen and oxygen atoms in total. The molecule has 8 heteroatoms. The van der Waals surface area contributed by atoms with Gasteiger partial charge in [0.2, 0.25) is 5.91 Å². The first-order chi connectivity index (χ1) is 16.0. The lowest BCUT2D eigenvalue weighted by Gasteiger charge is -2.32. The maximum absolute atomic E-state index is 13.1. The Kier molecular flexibility index (Phi) is 7.12. The van der Waals surface area contributed by atoms with E-state index >= 15 is 0 Å². The van der Waals surface area contributed by atoms with Gasteiger partial charge in [-0.3, -0.25) is 19.3 Å². The number of amides is 2. The van der Waals surface area contributed by atoms with Gasteiger partial charge in [-0.1, -0.05) is 18.2 Å². The van der Waals surface area contributed by atoms with E-state index in [2.05, 4.69) is 15.4 Å². The first-order valence-electron chi connectivity index (χ1n) is 11.2. The summed E-state index contributed by atoms with van der Waals surface area (Å²) in [6, 6.07) is 11.7. The zero-order valence-corrected chi connectivity index (χ0v) is 18.7. The van der Waals surface area contributed by atoms with Crippen LogP contribution in [0.4, 0.5) is 4.39 Å². The van der Waals surface area contributed by atoms with E-state index in [4.69, 9.17) is 0 Å². The highest BCUT2D eigenvalue weighted by molar-refractivity contribution is 5.95. The number of aryl methyl sites for hydroxylation is 1. The van der Waals surface area contributed by atoms with Crippen molar-refractivity contribution >= 4 is 11.8 Å². The molecule has 0 bridgehead atoms. The van der Waals surface area contributed by atoms with Crippen molar-refractivity contribution in [1.29, 1.82) is 0 Å². The molecule has 1 aliphatic heterocycles. The third kappa shape index (κ3) is 6.03. The molecular weight excluding hydrogens is 421 g/mol. The van der Waals surface area contributed by atoms with Gasteiger partial charge >= 0.3 is 0 Å². The highest BCUT2D eigenvalue weighted by Crippen LogP contribution is 2.23. The minimum Gasteiger partial charge on any atom is -0.348 e. The number of aromatic nitrogens is 3. The van der Waals surface area contributed by atoms with Crippen molar-refractivity contribution in [3.63, 3.8) is 0 Å². The smallest absolute Gasteiger partial charge is 0.255 e. The second-order valence-electron chi connectivity index (χ2n) is 8.50. The van der Waals surface area contributed by atoms with Crippen molar-refractivity contribution in [2.45, 2.75) is 32.2 Å². The summed E-state index contributed by atoms with van der Waals surface area (Å²) in [7, 11) is 1.80. The Balaban J connectivity index is 1.30. The van der Waals surface area contributed by atoms with Gasteiger partial charge in [-0.2, -0.15) is 5.10 Å². The number of hydrogen-bond acceptors (Lipinski definition) is 4. The van der Waals surface area contributed by atoms with Crippen LogP contribution in [0.3, 0.4) is 0 Å². The summed E-state index contributed by atoms with van der Waals surface area (Å²) in [4.78, 5) is 31.5. The molecule has 2 amide bonds. The number of benzene rings is 1. The van der Waals surface area contributed by atoms with Gasteiger partial charge in [0, 0.05) is 44.8 Å². The SMILES string of the molecule is Cn1cc(C(=O)NCc2ccc(F)cc2)c(CC2CCN(C(=O)Cc3ccccn3)CC2)n1. The molecule has 1 fully saturated rings. The fourth-order valence-corrected chi connectivity index (χ4v) is 4.18. The van der Waals surface area contributed by atoms with Crippen molar-refractivity contribution in [3.05, 3.63) is 83.2 Å². The Hall–Kier alpha value is -3.55. The van der Waals surface area contributed by atoms with Crippen molar-refractivity contribution < 1.29 is 14.0 Å². The third-order valence-electron chi connectivity index (χ3n) is 6.02. The van der Waals surface area contributed by atoms with Gasteiger partial charge in [0.15, 0.2) is 0 Å². The summed E-state index contributed by atoms with van der Waals surface area (Å²) in [5, 5.41) is 7.42. The second kappa shape index (κ2) is 10.4. The van der Waals surface area contributed by atoms with E-state index in [9.17, 15) is 14.0 Å². The zero-order valence-electron chi connectivity index (χ0n) is 18.7. The number of carbonyl (C=O) groups excluding carboxylic acids is 2. The van der Waals surface area contributed by atoms with Crippen LogP contribution in [0.15, 0.2) is 54.9 Å². The molecule has 1 saturated heterocycles. The molecule has 0 unspecified atom stereocenters. The van der Waals surface area contributed by atoms with E-state index in [-0.39, 0.29) is 17.6 Å². The van der Waals surface area contributed by atoms with Gasteiger partial charge < -0.3 is 10.2 Å². The zero-order chi connectivity index (χ0) is 23.2. The third-order valence-corrected chi connectivity index (χ3v) is 6.02. The molecule has 3 aromatic rings. The van der Waals surface area contributed by atoms with Crippen LogP contribution in [0.25, 0.3) is 0 Å². The van der Waals surface area contributed by atoms with Crippen LogP contribution in [0.5, 0.6) is 0 Å². The minimum atomic E-state index is -0.302. The summed E-state index contributed by atoms with van der Waals surface area (Å²) in [6.07, 6.45) is 6.21. The normalized spacial score (nSPS) is 14.3. The van der Waals surface area contributed by atoms with Crippen molar-refractivity contribution in [1.82, 2.24) is 25.0 Å². The van der Waals surface area contributed by atoms with Gasteiger partial charge in [0.1, 0.15) is 5.82 Å². The Bertz CT molecular complexity index is 1090. The maximum Gasteiger partial charge on any atom is 0.255 e. The van der Waals surface area contributed by atoms with Crippen LogP contribution in [-0.4, -0.2) is 44.6 Å². The Morgan fingerprint density at radius 2 is 1.88 bits per heavy atom. The molecule has 1 aliphatic rings. The fourth-order valence-electron chi connectivity index (χ4n) is 4.18. The number of piperidine rings is 1. The maximum atomic E-state index is 13.1. The largest absolute Gasteiger partial charge is 0.348 e. The van der Waals surface area contributed by atoms with Gasteiger partial charge in [-0.25, -0.2) is 4.39 Å². The molecule has 3 heterocycles. The predicted molar refractivity (Wildman–Crippen MR) is 122 cm³/mol. The van der Waals surface area contributed by atoms with E-state index in [0.29, 0.717) is 44.0 Å². The molecule has 0 saturated carbocycles. The number of nitrogens with zero attached hydrogens (tertiary/aromatic N) is 4. The molecule has 172 valence electrons. The van der Waals surface area contributed by atoms with E-state index < -0.39 is 0 Å². The fraction of sp³-hybridized carbons (Fsp3) is 0.360. The molecular formula is C25H28FN5O2. The lowest BCUT2D eigenvalue weighted by molar-refractivity contribution is -0.131. The van der Waals surface area contributed by atoms with Crippen LogP contribution < -0.4 is 5.32 Å². The number of likely N-dealkylation sites (tertiary alicyclic amines) is 1. The quantitative estimate of drug-likeness (QED) is 0.602. The van der Waals surface area contributed by atoms with Crippen molar-refractivity contribution in [2.75, 3.05) is 13.1 Å². The Labute approximate surface area is 192 Å². The lowest BCUT2D eigenvalue weighted by atomic mass is 9.91. The van der Waals surface area contributed by atoms with Gasteiger partial charge in [0.05, 0.1) is 17.7 Å². The molecule has 1 N–H and O–H groups in total. The van der Waals surface area contributed by atoms with Crippen LogP contribution in [0.1, 0.15) is 40.2 Å². The summed E-state index contributed by atoms with van der Waals surface area (Å²) < 4.78 is 14.7. The van der Waals surface area contributed by atoms with Gasteiger partial charge in [-0.15, -0.1) is 0 Å². The average molecular weight is 450 g/mol. The lowest BCUT2D eigenvalue weighted by Crippen LogP contribution is -2.40. The summed E-state index contributed by atoms with van der Waals surface area (Å²) >= 11 is 0. The van der Waals surface area contributed by atoms with Crippen molar-refractivity contribution in [3.8, 4) is 0 Å². The number of halogens is 1. The first-order valence-corrected chi connectivity index (χ1v) is 11.2. The molecule has 0 atom stereocenters. The molecule has 4 rings (SSSR count). The van der Waals surface area contributed by atoms with Crippen LogP contribution >= 0.6 is 0 Å². The molecule has 2 aromatic heterocycles. The molecule has 0 radical (unpaired) electrons. The number of carbonyl (C=O) groups is 2. The number of hydrogen-bond donors (Lipinski definition) is 1. The molecule has 0 aliphatic carbocycles. The van der Waals surface area contributed by atoms with Crippen LogP contribution in [0.2, 0.25) is 0 Å². The van der Waals surface area contributed by atoms with E-state index in [0.717, 1.165) is 29.8 Å². The van der Waals surface area contributed by atoms with E-state index in [1.54, 1.807) is 36.3 Å². The number of rotatable bonds is 7. The van der Waals surface area contributed by atoms with Gasteiger partial charge in [0.25, 0.3) is 5.91 Å². The first kappa shape index (κ1) is 22.6. The highest BCUT2D eigenvalue weighted by Gasteiger charge is 2.26. The standard InChI is InChI=1S/C25H28FN5O2/c1-30-17-22(25(33)28-16-19-5-7-20(26)8-6-19)23(29-30)14-18-9-12-31(13-10-18)24(32)15-21-4-2-3-11-27-21/h2-8,11,17-18H,9-10,12-16H2,1H3,(H,28,33). The topological polar surface area (TPSA) is 80.1 Å². The minimum absolute atomic E-state index is 0.103. The van der Waals surface area contributed by atoms with E-state index in [1.165, 1.54) is 12.1 Å². The number of pyridine rings is 1. The Morgan fingerprint density at radius 3 is 2.58 bits per heavy atom. The number of nitrogens with one attached hydrogen (secondary N) is 1. The monoisotopic (exact) mass is 449 g/mol. The van der Waals surface area contributed by atoms with Crippen LogP contribution in [-0.2, 0) is 31.2 Å². The highest BCUT2D eigenvalue weighted by atomic mass is 19.1. The Morgan fingerprint density at radius 1 is 1.12 bits per heavy atom.